The summed E-state index contributed by atoms with van der Waals surface area (Å²) in [5.74, 6) is 2.11. The Labute approximate surface area is 154 Å². The fourth-order valence-electron chi connectivity index (χ4n) is 1.96. The third-order valence-corrected chi connectivity index (χ3v) is 4.31. The van der Waals surface area contributed by atoms with Crippen LogP contribution in [0, 0.1) is 0 Å². The summed E-state index contributed by atoms with van der Waals surface area (Å²) in [4.78, 5) is 17.2. The van der Waals surface area contributed by atoms with Gasteiger partial charge in [-0.05, 0) is 24.6 Å². The van der Waals surface area contributed by atoms with E-state index in [4.69, 9.17) is 11.6 Å². The van der Waals surface area contributed by atoms with E-state index in [1.165, 1.54) is 16.4 Å². The van der Waals surface area contributed by atoms with Crippen LogP contribution in [0.2, 0.25) is 5.02 Å². The smallest absolute Gasteiger partial charge is 0.258 e. The molecule has 0 aliphatic rings. The molecule has 0 spiro atoms. The molecule has 2 heterocycles. The second-order valence-corrected chi connectivity index (χ2v) is 6.33. The number of thioether (sulfide) groups is 1. The van der Waals surface area contributed by atoms with Crippen molar-refractivity contribution >= 4 is 35.3 Å². The van der Waals surface area contributed by atoms with E-state index in [2.05, 4.69) is 35.7 Å². The average Bonchev–Trinajstić information content (AvgIpc) is 3.10. The van der Waals surface area contributed by atoms with Crippen LogP contribution in [-0.4, -0.2) is 43.3 Å². The van der Waals surface area contributed by atoms with Crippen LogP contribution in [0.15, 0.2) is 35.7 Å². The first-order valence-electron chi connectivity index (χ1n) is 7.65. The number of benzene rings is 1. The number of halogens is 1. The molecule has 0 saturated heterocycles. The van der Waals surface area contributed by atoms with E-state index in [1.54, 1.807) is 13.4 Å². The summed E-state index contributed by atoms with van der Waals surface area (Å²) in [6.07, 6.45) is 1.59. The standard InChI is InChI=1S/C15H17ClN8S/c1-3-18-13-20-12(17-2)21-14(22-13)24-9-19-15(23-24)25-8-10-4-6-11(16)7-5-10/h4-7,9H,3,8H2,1-2H3,(H2,17,18,20,21,22). The zero-order valence-electron chi connectivity index (χ0n) is 13.8. The Bertz CT molecular complexity index is 836. The number of rotatable bonds is 7. The van der Waals surface area contributed by atoms with Crippen LogP contribution in [0.4, 0.5) is 11.9 Å². The first-order valence-corrected chi connectivity index (χ1v) is 9.01. The van der Waals surface area contributed by atoms with Crippen molar-refractivity contribution in [2.75, 3.05) is 24.2 Å². The van der Waals surface area contributed by atoms with Gasteiger partial charge in [0.2, 0.25) is 17.1 Å². The van der Waals surface area contributed by atoms with Gasteiger partial charge in [0.25, 0.3) is 5.95 Å². The maximum absolute atomic E-state index is 5.90. The Hall–Kier alpha value is -2.39. The third-order valence-electron chi connectivity index (χ3n) is 3.14. The fourth-order valence-corrected chi connectivity index (χ4v) is 2.84. The molecule has 3 aromatic rings. The molecular weight excluding hydrogens is 360 g/mol. The highest BCUT2D eigenvalue weighted by atomic mass is 35.5. The normalized spacial score (nSPS) is 10.7. The highest BCUT2D eigenvalue weighted by Gasteiger charge is 2.10. The summed E-state index contributed by atoms with van der Waals surface area (Å²) < 4.78 is 1.54. The van der Waals surface area contributed by atoms with Gasteiger partial charge < -0.3 is 10.6 Å². The molecule has 0 radical (unpaired) electrons. The number of nitrogens with one attached hydrogen (secondary N) is 2. The molecule has 8 nitrogen and oxygen atoms in total. The molecular formula is C15H17ClN8S. The Morgan fingerprint density at radius 1 is 1.12 bits per heavy atom. The van der Waals surface area contributed by atoms with E-state index in [-0.39, 0.29) is 0 Å². The number of anilines is 2. The van der Waals surface area contributed by atoms with Crippen molar-refractivity contribution < 1.29 is 0 Å². The predicted octanol–water partition coefficient (Wildman–Crippen LogP) is 2.87. The summed E-state index contributed by atoms with van der Waals surface area (Å²) in [5, 5.41) is 11.8. The Morgan fingerprint density at radius 2 is 1.88 bits per heavy atom. The molecule has 130 valence electrons. The van der Waals surface area contributed by atoms with Crippen molar-refractivity contribution in [3.63, 3.8) is 0 Å². The highest BCUT2D eigenvalue weighted by molar-refractivity contribution is 7.98. The summed E-state index contributed by atoms with van der Waals surface area (Å²) in [7, 11) is 1.75. The van der Waals surface area contributed by atoms with Gasteiger partial charge >= 0.3 is 0 Å². The molecule has 25 heavy (non-hydrogen) atoms. The minimum atomic E-state index is 0.404. The molecule has 0 unspecified atom stereocenters. The van der Waals surface area contributed by atoms with Crippen LogP contribution in [0.5, 0.6) is 0 Å². The summed E-state index contributed by atoms with van der Waals surface area (Å²) in [5.41, 5.74) is 1.15. The molecule has 1 aromatic carbocycles. The maximum atomic E-state index is 5.90. The molecule has 0 bridgehead atoms. The van der Waals surface area contributed by atoms with Crippen molar-refractivity contribution in [1.82, 2.24) is 29.7 Å². The van der Waals surface area contributed by atoms with E-state index in [0.717, 1.165) is 16.3 Å². The Morgan fingerprint density at radius 3 is 2.60 bits per heavy atom. The third kappa shape index (κ3) is 4.58. The molecule has 0 amide bonds. The van der Waals surface area contributed by atoms with Crippen LogP contribution in [0.3, 0.4) is 0 Å². The summed E-state index contributed by atoms with van der Waals surface area (Å²) >= 11 is 7.43. The van der Waals surface area contributed by atoms with E-state index in [1.807, 2.05) is 31.2 Å². The Kier molecular flexibility index (Phi) is 5.67. The van der Waals surface area contributed by atoms with Crippen LogP contribution in [0.25, 0.3) is 5.95 Å². The van der Waals surface area contributed by atoms with Crippen LogP contribution >= 0.6 is 23.4 Å². The molecule has 0 fully saturated rings. The van der Waals surface area contributed by atoms with Crippen molar-refractivity contribution in [2.24, 2.45) is 0 Å². The molecule has 0 aliphatic heterocycles. The van der Waals surface area contributed by atoms with Crippen LogP contribution in [-0.2, 0) is 5.75 Å². The number of aromatic nitrogens is 6. The zero-order valence-corrected chi connectivity index (χ0v) is 15.3. The lowest BCUT2D eigenvalue weighted by Gasteiger charge is -2.06. The molecule has 10 heteroatoms. The average molecular weight is 377 g/mol. The van der Waals surface area contributed by atoms with Crippen LogP contribution in [0.1, 0.15) is 12.5 Å². The van der Waals surface area contributed by atoms with Gasteiger partial charge in [-0.3, -0.25) is 0 Å². The molecule has 0 atom stereocenters. The fraction of sp³-hybridized carbons (Fsp3) is 0.267. The van der Waals surface area contributed by atoms with Gasteiger partial charge in [0, 0.05) is 24.4 Å². The minimum Gasteiger partial charge on any atom is -0.357 e. The zero-order chi connectivity index (χ0) is 17.6. The second-order valence-electron chi connectivity index (χ2n) is 4.95. The van der Waals surface area contributed by atoms with Crippen molar-refractivity contribution in [2.45, 2.75) is 17.8 Å². The number of nitrogens with zero attached hydrogens (tertiary/aromatic N) is 6. The van der Waals surface area contributed by atoms with Gasteiger partial charge in [-0.1, -0.05) is 35.5 Å². The molecule has 2 aromatic heterocycles. The van der Waals surface area contributed by atoms with Gasteiger partial charge in [0.1, 0.15) is 6.33 Å². The van der Waals surface area contributed by atoms with Crippen molar-refractivity contribution in [1.29, 1.82) is 0 Å². The Balaban J connectivity index is 1.74. The minimum absolute atomic E-state index is 0.404. The first kappa shape index (κ1) is 17.4. The monoisotopic (exact) mass is 376 g/mol. The maximum Gasteiger partial charge on any atom is 0.258 e. The lowest BCUT2D eigenvalue weighted by Crippen LogP contribution is -2.11. The first-order chi connectivity index (χ1) is 12.2. The molecule has 2 N–H and O–H groups in total. The number of hydrogen-bond acceptors (Lipinski definition) is 8. The van der Waals surface area contributed by atoms with Gasteiger partial charge in [-0.25, -0.2) is 4.98 Å². The van der Waals surface area contributed by atoms with Gasteiger partial charge in [-0.15, -0.1) is 5.10 Å². The van der Waals surface area contributed by atoms with Crippen LogP contribution < -0.4 is 10.6 Å². The second kappa shape index (κ2) is 8.13. The van der Waals surface area contributed by atoms with E-state index in [9.17, 15) is 0 Å². The predicted molar refractivity (Wildman–Crippen MR) is 99.5 cm³/mol. The lowest BCUT2D eigenvalue weighted by molar-refractivity contribution is 0.771. The molecule has 3 rings (SSSR count). The van der Waals surface area contributed by atoms with E-state index >= 15 is 0 Å². The highest BCUT2D eigenvalue weighted by Crippen LogP contribution is 2.20. The topological polar surface area (TPSA) is 93.4 Å². The van der Waals surface area contributed by atoms with Crippen molar-refractivity contribution in [3.05, 3.63) is 41.2 Å². The SMILES string of the molecule is CCNc1nc(NC)nc(-n2cnc(SCc3ccc(Cl)cc3)n2)n1. The molecule has 0 saturated carbocycles. The van der Waals surface area contributed by atoms with Gasteiger partial charge in [0.15, 0.2) is 0 Å². The largest absolute Gasteiger partial charge is 0.357 e. The van der Waals surface area contributed by atoms with Gasteiger partial charge in [-0.2, -0.15) is 19.6 Å². The summed E-state index contributed by atoms with van der Waals surface area (Å²) in [6, 6.07) is 7.71. The quantitative estimate of drug-likeness (QED) is 0.608. The van der Waals surface area contributed by atoms with Crippen molar-refractivity contribution in [3.8, 4) is 5.95 Å². The number of hydrogen-bond donors (Lipinski definition) is 2. The lowest BCUT2D eigenvalue weighted by atomic mass is 10.2. The molecule has 0 aliphatic carbocycles. The van der Waals surface area contributed by atoms with E-state index in [0.29, 0.717) is 29.5 Å². The summed E-state index contributed by atoms with van der Waals surface area (Å²) in [6.45, 7) is 2.69. The van der Waals surface area contributed by atoms with Gasteiger partial charge in [0.05, 0.1) is 0 Å². The van der Waals surface area contributed by atoms with E-state index < -0.39 is 0 Å².